The highest BCUT2D eigenvalue weighted by Gasteiger charge is 2.13. The summed E-state index contributed by atoms with van der Waals surface area (Å²) in [6.45, 7) is 2.21. The fraction of sp³-hybridized carbons (Fsp3) is 0.800. The van der Waals surface area contributed by atoms with E-state index in [1.807, 2.05) is 0 Å². The van der Waals surface area contributed by atoms with Crippen LogP contribution in [0.5, 0.6) is 0 Å². The summed E-state index contributed by atoms with van der Waals surface area (Å²) in [5.74, 6) is -0.738. The fourth-order valence-electron chi connectivity index (χ4n) is 0.350. The average molecular weight is 165 g/mol. The number of carbonyl (C=O) groups is 1. The molecular formula is C5H11NO3S. The lowest BCUT2D eigenvalue weighted by atomic mass is 10.4. The standard InChI is InChI=1S/C5H11NO3S/c1-2-9-6-4(3-10)5(7)8/h4,6,10H,2-3H2,1H3,(H,7,8)/t4-/m0/s1. The molecule has 0 unspecified atom stereocenters. The maximum absolute atomic E-state index is 10.2. The predicted octanol–water partition coefficient (Wildman–Crippen LogP) is -0.0895. The summed E-state index contributed by atoms with van der Waals surface area (Å²) in [6.07, 6.45) is 0. The van der Waals surface area contributed by atoms with Crippen LogP contribution < -0.4 is 5.48 Å². The Hall–Kier alpha value is -0.260. The monoisotopic (exact) mass is 165 g/mol. The van der Waals surface area contributed by atoms with Gasteiger partial charge >= 0.3 is 5.97 Å². The Morgan fingerprint density at radius 2 is 2.50 bits per heavy atom. The lowest BCUT2D eigenvalue weighted by Gasteiger charge is -2.09. The van der Waals surface area contributed by atoms with E-state index in [2.05, 4.69) is 22.9 Å². The van der Waals surface area contributed by atoms with Crippen molar-refractivity contribution in [3.05, 3.63) is 0 Å². The molecule has 1 atom stereocenters. The first kappa shape index (κ1) is 9.74. The van der Waals surface area contributed by atoms with Gasteiger partial charge in [-0.2, -0.15) is 18.1 Å². The van der Waals surface area contributed by atoms with Crippen molar-refractivity contribution in [2.45, 2.75) is 13.0 Å². The van der Waals surface area contributed by atoms with Crippen molar-refractivity contribution in [1.29, 1.82) is 0 Å². The van der Waals surface area contributed by atoms with Gasteiger partial charge in [-0.1, -0.05) is 0 Å². The summed E-state index contributed by atoms with van der Waals surface area (Å²) >= 11 is 3.80. The number of thiol groups is 1. The van der Waals surface area contributed by atoms with Gasteiger partial charge in [0.25, 0.3) is 0 Å². The Balaban J connectivity index is 3.50. The summed E-state index contributed by atoms with van der Waals surface area (Å²) < 4.78 is 0. The van der Waals surface area contributed by atoms with Gasteiger partial charge < -0.3 is 9.94 Å². The predicted molar refractivity (Wildman–Crippen MR) is 40.0 cm³/mol. The maximum atomic E-state index is 10.2. The van der Waals surface area contributed by atoms with Crippen molar-refractivity contribution >= 4 is 18.6 Å². The van der Waals surface area contributed by atoms with Crippen LogP contribution in [0, 0.1) is 0 Å². The van der Waals surface area contributed by atoms with Gasteiger partial charge in [0.05, 0.1) is 6.61 Å². The second-order valence-electron chi connectivity index (χ2n) is 1.62. The highest BCUT2D eigenvalue weighted by Crippen LogP contribution is 1.87. The molecule has 0 radical (unpaired) electrons. The van der Waals surface area contributed by atoms with Crippen LogP contribution in [0.4, 0.5) is 0 Å². The zero-order chi connectivity index (χ0) is 7.98. The molecule has 10 heavy (non-hydrogen) atoms. The largest absolute Gasteiger partial charge is 0.480 e. The van der Waals surface area contributed by atoms with Gasteiger partial charge in [-0.25, -0.2) is 0 Å². The third-order valence-corrected chi connectivity index (χ3v) is 1.22. The molecule has 60 valence electrons. The number of carboxylic acid groups (broad SMARTS) is 1. The minimum atomic E-state index is -0.955. The van der Waals surface area contributed by atoms with Gasteiger partial charge in [-0.05, 0) is 6.92 Å². The van der Waals surface area contributed by atoms with E-state index in [-0.39, 0.29) is 5.75 Å². The van der Waals surface area contributed by atoms with E-state index in [1.165, 1.54) is 0 Å². The summed E-state index contributed by atoms with van der Waals surface area (Å²) in [7, 11) is 0. The molecule has 0 aliphatic rings. The number of nitrogens with one attached hydrogen (secondary N) is 1. The Bertz CT molecular complexity index is 109. The molecule has 0 fully saturated rings. The molecule has 0 saturated carbocycles. The van der Waals surface area contributed by atoms with Gasteiger partial charge in [0.1, 0.15) is 6.04 Å². The quantitative estimate of drug-likeness (QED) is 0.393. The number of hydrogen-bond donors (Lipinski definition) is 3. The molecular weight excluding hydrogens is 154 g/mol. The van der Waals surface area contributed by atoms with Crippen molar-refractivity contribution in [2.75, 3.05) is 12.4 Å². The number of carboxylic acids is 1. The van der Waals surface area contributed by atoms with Crippen LogP contribution in [0.15, 0.2) is 0 Å². The van der Waals surface area contributed by atoms with E-state index in [4.69, 9.17) is 5.11 Å². The smallest absolute Gasteiger partial charge is 0.323 e. The van der Waals surface area contributed by atoms with Gasteiger partial charge in [-0.15, -0.1) is 0 Å². The number of rotatable bonds is 5. The summed E-state index contributed by atoms with van der Waals surface area (Å²) in [5, 5.41) is 8.41. The molecule has 0 aliphatic heterocycles. The topological polar surface area (TPSA) is 58.6 Å². The van der Waals surface area contributed by atoms with Gasteiger partial charge in [0, 0.05) is 5.75 Å². The van der Waals surface area contributed by atoms with Gasteiger partial charge in [-0.3, -0.25) is 4.79 Å². The Morgan fingerprint density at radius 1 is 1.90 bits per heavy atom. The third-order valence-electron chi connectivity index (χ3n) is 0.851. The van der Waals surface area contributed by atoms with E-state index in [1.54, 1.807) is 6.92 Å². The van der Waals surface area contributed by atoms with Crippen LogP contribution >= 0.6 is 12.6 Å². The van der Waals surface area contributed by atoms with Crippen LogP contribution in [-0.4, -0.2) is 29.5 Å². The average Bonchev–Trinajstić information content (AvgIpc) is 1.89. The van der Waals surface area contributed by atoms with Crippen molar-refractivity contribution in [1.82, 2.24) is 5.48 Å². The first-order chi connectivity index (χ1) is 4.72. The summed E-state index contributed by atoms with van der Waals surface area (Å²) in [5.41, 5.74) is 2.34. The molecule has 4 nitrogen and oxygen atoms in total. The molecule has 0 aromatic heterocycles. The van der Waals surface area contributed by atoms with Crippen molar-refractivity contribution in [2.24, 2.45) is 0 Å². The Kier molecular flexibility index (Phi) is 5.38. The van der Waals surface area contributed by atoms with E-state index < -0.39 is 12.0 Å². The molecule has 0 heterocycles. The molecule has 0 amide bonds. The molecule has 0 bridgehead atoms. The molecule has 0 rings (SSSR count). The zero-order valence-electron chi connectivity index (χ0n) is 5.70. The van der Waals surface area contributed by atoms with Gasteiger partial charge in [0.15, 0.2) is 0 Å². The SMILES string of the molecule is CCON[C@@H](CS)C(=O)O. The third kappa shape index (κ3) is 3.71. The maximum Gasteiger partial charge on any atom is 0.323 e. The second-order valence-corrected chi connectivity index (χ2v) is 1.99. The molecule has 0 aromatic rings. The van der Waals surface area contributed by atoms with E-state index in [0.717, 1.165) is 0 Å². The highest BCUT2D eigenvalue weighted by molar-refractivity contribution is 7.80. The molecule has 0 aromatic carbocycles. The van der Waals surface area contributed by atoms with Crippen LogP contribution in [0.2, 0.25) is 0 Å². The van der Waals surface area contributed by atoms with Gasteiger partial charge in [0.2, 0.25) is 0 Å². The molecule has 0 spiro atoms. The number of hydrogen-bond acceptors (Lipinski definition) is 4. The van der Waals surface area contributed by atoms with Crippen LogP contribution in [-0.2, 0) is 9.63 Å². The fourth-order valence-corrected chi connectivity index (χ4v) is 0.580. The lowest BCUT2D eigenvalue weighted by Crippen LogP contribution is -2.38. The molecule has 5 heteroatoms. The first-order valence-electron chi connectivity index (χ1n) is 2.93. The number of aliphatic carboxylic acids is 1. The molecule has 0 aliphatic carbocycles. The zero-order valence-corrected chi connectivity index (χ0v) is 6.60. The van der Waals surface area contributed by atoms with E-state index in [0.29, 0.717) is 6.61 Å². The second kappa shape index (κ2) is 5.52. The number of hydroxylamine groups is 1. The van der Waals surface area contributed by atoms with E-state index >= 15 is 0 Å². The normalized spacial score (nSPS) is 13.0. The minimum absolute atomic E-state index is 0.218. The van der Waals surface area contributed by atoms with Crippen LogP contribution in [0.25, 0.3) is 0 Å². The van der Waals surface area contributed by atoms with E-state index in [9.17, 15) is 4.79 Å². The van der Waals surface area contributed by atoms with Crippen molar-refractivity contribution in [3.63, 3.8) is 0 Å². The van der Waals surface area contributed by atoms with Crippen LogP contribution in [0.1, 0.15) is 6.92 Å². The first-order valence-corrected chi connectivity index (χ1v) is 3.56. The molecule has 2 N–H and O–H groups in total. The highest BCUT2D eigenvalue weighted by atomic mass is 32.1. The summed E-state index contributed by atoms with van der Waals surface area (Å²) in [4.78, 5) is 14.9. The van der Waals surface area contributed by atoms with Crippen molar-refractivity contribution in [3.8, 4) is 0 Å². The summed E-state index contributed by atoms with van der Waals surface area (Å²) in [6, 6.07) is -0.719. The minimum Gasteiger partial charge on any atom is -0.480 e. The Labute approximate surface area is 64.9 Å². The van der Waals surface area contributed by atoms with Crippen molar-refractivity contribution < 1.29 is 14.7 Å². The van der Waals surface area contributed by atoms with Crippen LogP contribution in [0.3, 0.4) is 0 Å². The Morgan fingerprint density at radius 3 is 2.80 bits per heavy atom. The lowest BCUT2D eigenvalue weighted by molar-refractivity contribution is -0.142. The molecule has 0 saturated heterocycles.